The molecule has 8 heteroatoms. The molecule has 1 heterocycles. The molecule has 20 heavy (non-hydrogen) atoms. The van der Waals surface area contributed by atoms with Crippen LogP contribution in [0.2, 0.25) is 0 Å². The van der Waals surface area contributed by atoms with Gasteiger partial charge in [-0.2, -0.15) is 0 Å². The van der Waals surface area contributed by atoms with E-state index in [1.807, 2.05) is 13.8 Å². The zero-order valence-electron chi connectivity index (χ0n) is 11.8. The zero-order valence-corrected chi connectivity index (χ0v) is 13.4. The van der Waals surface area contributed by atoms with Crippen molar-refractivity contribution in [2.45, 2.75) is 37.1 Å². The summed E-state index contributed by atoms with van der Waals surface area (Å²) >= 11 is 1.03. The van der Waals surface area contributed by atoms with E-state index in [1.165, 1.54) is 18.6 Å². The number of sulfonamides is 1. The lowest BCUT2D eigenvalue weighted by atomic mass is 9.95. The third-order valence-corrected chi connectivity index (χ3v) is 5.78. The summed E-state index contributed by atoms with van der Waals surface area (Å²) in [5.41, 5.74) is 5.48. The zero-order chi connectivity index (χ0) is 15.4. The van der Waals surface area contributed by atoms with Crippen LogP contribution in [0.5, 0.6) is 0 Å². The molecule has 114 valence electrons. The molecule has 0 atom stereocenters. The average molecular weight is 320 g/mol. The molecule has 1 aromatic heterocycles. The monoisotopic (exact) mass is 320 g/mol. The number of ether oxygens (including phenoxy) is 1. The highest BCUT2D eigenvalue weighted by Gasteiger charge is 2.28. The number of nitrogens with two attached hydrogens (primary N) is 1. The fraction of sp³-hybridized carbons (Fsp3) is 0.583. The van der Waals surface area contributed by atoms with Crippen molar-refractivity contribution in [2.75, 3.05) is 13.7 Å². The number of carbonyl (C=O) groups is 1. The molecular formula is C12H20N2O4S2. The Morgan fingerprint density at radius 1 is 1.45 bits per heavy atom. The third kappa shape index (κ3) is 3.78. The lowest BCUT2D eigenvalue weighted by molar-refractivity contribution is 0.0602. The standard InChI is InChI=1S/C12H20N2O4S2/c1-4-12(13,5-2)8-14-20(16,17)9-6-7-19-10(9)11(15)18-3/h6-7,14H,4-5,8,13H2,1-3H3. The Bertz CT molecular complexity index is 562. The van der Waals surface area contributed by atoms with Crippen LogP contribution in [0.3, 0.4) is 0 Å². The maximum Gasteiger partial charge on any atom is 0.349 e. The molecule has 1 rings (SSSR count). The number of esters is 1. The smallest absolute Gasteiger partial charge is 0.349 e. The number of carbonyl (C=O) groups excluding carboxylic acids is 1. The van der Waals surface area contributed by atoms with Gasteiger partial charge in [-0.25, -0.2) is 17.9 Å². The van der Waals surface area contributed by atoms with Gasteiger partial charge in [0.15, 0.2) is 0 Å². The molecular weight excluding hydrogens is 300 g/mol. The van der Waals surface area contributed by atoms with Crippen LogP contribution < -0.4 is 10.5 Å². The molecule has 0 fully saturated rings. The molecule has 0 spiro atoms. The van der Waals surface area contributed by atoms with Gasteiger partial charge >= 0.3 is 5.97 Å². The summed E-state index contributed by atoms with van der Waals surface area (Å²) in [7, 11) is -2.56. The molecule has 0 saturated carbocycles. The van der Waals surface area contributed by atoms with Crippen LogP contribution in [0.4, 0.5) is 0 Å². The number of methoxy groups -OCH3 is 1. The first-order valence-electron chi connectivity index (χ1n) is 6.24. The summed E-state index contributed by atoms with van der Waals surface area (Å²) in [5, 5.41) is 1.54. The Hall–Kier alpha value is -0.960. The topological polar surface area (TPSA) is 98.5 Å². The highest BCUT2D eigenvalue weighted by atomic mass is 32.2. The van der Waals surface area contributed by atoms with Crippen LogP contribution in [0.25, 0.3) is 0 Å². The van der Waals surface area contributed by atoms with Gasteiger partial charge in [0, 0.05) is 12.1 Å². The molecule has 0 radical (unpaired) electrons. The van der Waals surface area contributed by atoms with Gasteiger partial charge in [-0.15, -0.1) is 11.3 Å². The predicted octanol–water partition coefficient (Wildman–Crippen LogP) is 1.33. The minimum atomic E-state index is -3.78. The van der Waals surface area contributed by atoms with E-state index in [0.29, 0.717) is 12.8 Å². The summed E-state index contributed by atoms with van der Waals surface area (Å²) in [6.07, 6.45) is 1.30. The van der Waals surface area contributed by atoms with Crippen molar-refractivity contribution in [1.82, 2.24) is 4.72 Å². The van der Waals surface area contributed by atoms with Crippen molar-refractivity contribution in [3.63, 3.8) is 0 Å². The molecule has 0 bridgehead atoms. The first kappa shape index (κ1) is 17.1. The van der Waals surface area contributed by atoms with Crippen LogP contribution in [0, 0.1) is 0 Å². The molecule has 6 nitrogen and oxygen atoms in total. The van der Waals surface area contributed by atoms with Crippen LogP contribution in [-0.2, 0) is 14.8 Å². The highest BCUT2D eigenvalue weighted by Crippen LogP contribution is 2.23. The molecule has 0 aliphatic rings. The Morgan fingerprint density at radius 2 is 2.05 bits per heavy atom. The van der Waals surface area contributed by atoms with Crippen LogP contribution in [-0.4, -0.2) is 33.6 Å². The number of thiophene rings is 1. The second kappa shape index (κ2) is 6.66. The van der Waals surface area contributed by atoms with E-state index < -0.39 is 21.5 Å². The normalized spacial score (nSPS) is 12.4. The Balaban J connectivity index is 2.96. The summed E-state index contributed by atoms with van der Waals surface area (Å²) < 4.78 is 31.5. The van der Waals surface area contributed by atoms with Gasteiger partial charge < -0.3 is 10.5 Å². The summed E-state index contributed by atoms with van der Waals surface area (Å²) in [6.45, 7) is 3.93. The predicted molar refractivity (Wildman–Crippen MR) is 78.3 cm³/mol. The molecule has 1 aromatic rings. The van der Waals surface area contributed by atoms with E-state index in [9.17, 15) is 13.2 Å². The first-order chi connectivity index (χ1) is 9.29. The molecule has 0 unspecified atom stereocenters. The van der Waals surface area contributed by atoms with Crippen molar-refractivity contribution in [1.29, 1.82) is 0 Å². The van der Waals surface area contributed by atoms with Crippen molar-refractivity contribution in [3.8, 4) is 0 Å². The fourth-order valence-electron chi connectivity index (χ4n) is 1.57. The van der Waals surface area contributed by atoms with E-state index in [1.54, 1.807) is 0 Å². The highest BCUT2D eigenvalue weighted by molar-refractivity contribution is 7.89. The van der Waals surface area contributed by atoms with Gasteiger partial charge in [0.1, 0.15) is 9.77 Å². The van der Waals surface area contributed by atoms with E-state index >= 15 is 0 Å². The Morgan fingerprint density at radius 3 is 2.55 bits per heavy atom. The molecule has 0 saturated heterocycles. The lowest BCUT2D eigenvalue weighted by Gasteiger charge is -2.26. The number of hydrogen-bond donors (Lipinski definition) is 2. The summed E-state index contributed by atoms with van der Waals surface area (Å²) in [5.74, 6) is -0.662. The largest absolute Gasteiger partial charge is 0.465 e. The Kier molecular flexibility index (Phi) is 5.69. The summed E-state index contributed by atoms with van der Waals surface area (Å²) in [4.78, 5) is 11.5. The van der Waals surface area contributed by atoms with Crippen molar-refractivity contribution < 1.29 is 17.9 Å². The average Bonchev–Trinajstić information content (AvgIpc) is 2.94. The van der Waals surface area contributed by atoms with E-state index in [-0.39, 0.29) is 16.3 Å². The maximum absolute atomic E-state index is 12.2. The second-order valence-corrected chi connectivity index (χ2v) is 7.15. The molecule has 0 amide bonds. The Labute approximate surface area is 123 Å². The lowest BCUT2D eigenvalue weighted by Crippen LogP contribution is -2.49. The van der Waals surface area contributed by atoms with E-state index in [0.717, 1.165) is 11.3 Å². The van der Waals surface area contributed by atoms with Crippen LogP contribution in [0.15, 0.2) is 16.3 Å². The van der Waals surface area contributed by atoms with Gasteiger partial charge in [0.2, 0.25) is 10.0 Å². The van der Waals surface area contributed by atoms with Crippen LogP contribution >= 0.6 is 11.3 Å². The van der Waals surface area contributed by atoms with Crippen LogP contribution in [0.1, 0.15) is 36.4 Å². The fourth-order valence-corrected chi connectivity index (χ4v) is 4.04. The minimum Gasteiger partial charge on any atom is -0.465 e. The minimum absolute atomic E-state index is 0.0654. The van der Waals surface area contributed by atoms with Crippen molar-refractivity contribution in [2.24, 2.45) is 5.73 Å². The maximum atomic E-state index is 12.2. The van der Waals surface area contributed by atoms with Gasteiger partial charge in [-0.1, -0.05) is 13.8 Å². The molecule has 0 aromatic carbocycles. The van der Waals surface area contributed by atoms with E-state index in [2.05, 4.69) is 9.46 Å². The second-order valence-electron chi connectivity index (χ2n) is 4.50. The van der Waals surface area contributed by atoms with Crippen molar-refractivity contribution >= 4 is 27.3 Å². The van der Waals surface area contributed by atoms with Crippen molar-refractivity contribution in [3.05, 3.63) is 16.3 Å². The van der Waals surface area contributed by atoms with Gasteiger partial charge in [0.25, 0.3) is 0 Å². The first-order valence-corrected chi connectivity index (χ1v) is 8.60. The molecule has 3 N–H and O–H groups in total. The number of rotatable bonds is 7. The van der Waals surface area contributed by atoms with Gasteiger partial charge in [0.05, 0.1) is 7.11 Å². The molecule has 0 aliphatic heterocycles. The quantitative estimate of drug-likeness (QED) is 0.739. The summed E-state index contributed by atoms with van der Waals surface area (Å²) in [6, 6.07) is 1.38. The number of hydrogen-bond acceptors (Lipinski definition) is 6. The third-order valence-electron chi connectivity index (χ3n) is 3.31. The van der Waals surface area contributed by atoms with Gasteiger partial charge in [-0.05, 0) is 24.3 Å². The molecule has 0 aliphatic carbocycles. The SMILES string of the molecule is CCC(N)(CC)CNS(=O)(=O)c1ccsc1C(=O)OC. The van der Waals surface area contributed by atoms with Gasteiger partial charge in [-0.3, -0.25) is 0 Å². The van der Waals surface area contributed by atoms with E-state index in [4.69, 9.17) is 5.73 Å². The number of nitrogens with one attached hydrogen (secondary N) is 1.